The van der Waals surface area contributed by atoms with Gasteiger partial charge in [0.2, 0.25) is 0 Å². The van der Waals surface area contributed by atoms with Crippen LogP contribution in [0.4, 0.5) is 0 Å². The van der Waals surface area contributed by atoms with Crippen LogP contribution in [0, 0.1) is 5.92 Å². The molecule has 0 aromatic rings. The Labute approximate surface area is 79.8 Å². The molecule has 1 aliphatic carbocycles. The van der Waals surface area contributed by atoms with Crippen LogP contribution in [0.25, 0.3) is 0 Å². The van der Waals surface area contributed by atoms with Gasteiger partial charge in [-0.25, -0.2) is 0 Å². The van der Waals surface area contributed by atoms with Gasteiger partial charge in [-0.1, -0.05) is 13.3 Å². The number of nitrogens with one attached hydrogen (secondary N) is 1. The second-order valence-corrected chi connectivity index (χ2v) is 4.02. The van der Waals surface area contributed by atoms with Gasteiger partial charge in [-0.2, -0.15) is 0 Å². The van der Waals surface area contributed by atoms with Crippen LogP contribution in [-0.4, -0.2) is 38.5 Å². The highest BCUT2D eigenvalue weighted by Gasteiger charge is 2.36. The van der Waals surface area contributed by atoms with Gasteiger partial charge >= 0.3 is 0 Å². The molecule has 0 bridgehead atoms. The third-order valence-corrected chi connectivity index (χ3v) is 2.91. The topological polar surface area (TPSA) is 30.5 Å². The lowest BCUT2D eigenvalue weighted by molar-refractivity contribution is 0.103. The van der Waals surface area contributed by atoms with Crippen molar-refractivity contribution in [1.29, 1.82) is 0 Å². The van der Waals surface area contributed by atoms with Gasteiger partial charge < -0.3 is 14.8 Å². The number of ether oxygens (including phenoxy) is 2. The van der Waals surface area contributed by atoms with Gasteiger partial charge in [0.05, 0.1) is 32.5 Å². The molecule has 2 fully saturated rings. The maximum absolute atomic E-state index is 5.42. The first-order valence-electron chi connectivity index (χ1n) is 5.31. The van der Waals surface area contributed by atoms with Crippen LogP contribution < -0.4 is 5.32 Å². The zero-order valence-corrected chi connectivity index (χ0v) is 8.29. The molecule has 1 N–H and O–H groups in total. The Morgan fingerprint density at radius 1 is 1.23 bits per heavy atom. The van der Waals surface area contributed by atoms with E-state index < -0.39 is 0 Å². The van der Waals surface area contributed by atoms with E-state index in [1.54, 1.807) is 0 Å². The summed E-state index contributed by atoms with van der Waals surface area (Å²) in [6.45, 7) is 5.38. The largest absolute Gasteiger partial charge is 0.377 e. The Bertz CT molecular complexity index is 155. The SMILES string of the molecule is CCC1CC1NC1COCCOC1. The maximum Gasteiger partial charge on any atom is 0.0701 e. The second-order valence-electron chi connectivity index (χ2n) is 4.02. The molecule has 0 amide bonds. The Morgan fingerprint density at radius 3 is 2.46 bits per heavy atom. The van der Waals surface area contributed by atoms with E-state index in [0.29, 0.717) is 6.04 Å². The van der Waals surface area contributed by atoms with E-state index in [4.69, 9.17) is 9.47 Å². The Hall–Kier alpha value is -0.120. The van der Waals surface area contributed by atoms with Gasteiger partial charge in [0.15, 0.2) is 0 Å². The number of rotatable bonds is 3. The fraction of sp³-hybridized carbons (Fsp3) is 1.00. The summed E-state index contributed by atoms with van der Waals surface area (Å²) in [5.41, 5.74) is 0. The van der Waals surface area contributed by atoms with Gasteiger partial charge in [0, 0.05) is 6.04 Å². The van der Waals surface area contributed by atoms with Crippen molar-refractivity contribution < 1.29 is 9.47 Å². The van der Waals surface area contributed by atoms with E-state index in [-0.39, 0.29) is 0 Å². The highest BCUT2D eigenvalue weighted by atomic mass is 16.5. The molecule has 1 aliphatic heterocycles. The Morgan fingerprint density at radius 2 is 1.92 bits per heavy atom. The molecule has 2 rings (SSSR count). The molecule has 2 atom stereocenters. The molecule has 2 unspecified atom stereocenters. The van der Waals surface area contributed by atoms with Crippen LogP contribution in [0.5, 0.6) is 0 Å². The van der Waals surface area contributed by atoms with Crippen molar-refractivity contribution in [2.24, 2.45) is 5.92 Å². The summed E-state index contributed by atoms with van der Waals surface area (Å²) >= 11 is 0. The van der Waals surface area contributed by atoms with Crippen LogP contribution in [0.3, 0.4) is 0 Å². The van der Waals surface area contributed by atoms with Crippen molar-refractivity contribution in [2.75, 3.05) is 26.4 Å². The third-order valence-electron chi connectivity index (χ3n) is 2.91. The fourth-order valence-corrected chi connectivity index (χ4v) is 1.92. The van der Waals surface area contributed by atoms with E-state index in [9.17, 15) is 0 Å². The average molecular weight is 185 g/mol. The molecule has 2 aliphatic rings. The minimum Gasteiger partial charge on any atom is -0.377 e. The molecule has 76 valence electrons. The lowest BCUT2D eigenvalue weighted by atomic mass is 10.3. The van der Waals surface area contributed by atoms with Crippen LogP contribution in [0.1, 0.15) is 19.8 Å². The number of hydrogen-bond donors (Lipinski definition) is 1. The van der Waals surface area contributed by atoms with E-state index in [1.165, 1.54) is 12.8 Å². The molecule has 0 spiro atoms. The first-order valence-corrected chi connectivity index (χ1v) is 5.31. The quantitative estimate of drug-likeness (QED) is 0.705. The van der Waals surface area contributed by atoms with E-state index in [0.717, 1.165) is 38.4 Å². The summed E-state index contributed by atoms with van der Waals surface area (Å²) in [7, 11) is 0. The summed E-state index contributed by atoms with van der Waals surface area (Å²) < 4.78 is 10.8. The zero-order chi connectivity index (χ0) is 9.10. The molecule has 1 heterocycles. The van der Waals surface area contributed by atoms with Crippen LogP contribution in [0.15, 0.2) is 0 Å². The van der Waals surface area contributed by atoms with Crippen molar-refractivity contribution in [2.45, 2.75) is 31.8 Å². The highest BCUT2D eigenvalue weighted by molar-refractivity contribution is 4.94. The smallest absolute Gasteiger partial charge is 0.0701 e. The Kier molecular flexibility index (Phi) is 3.19. The third kappa shape index (κ3) is 2.66. The maximum atomic E-state index is 5.42. The predicted molar refractivity (Wildman–Crippen MR) is 50.7 cm³/mol. The first-order chi connectivity index (χ1) is 6.40. The van der Waals surface area contributed by atoms with E-state index >= 15 is 0 Å². The second kappa shape index (κ2) is 4.40. The lowest BCUT2D eigenvalue weighted by Crippen LogP contribution is -2.38. The van der Waals surface area contributed by atoms with Crippen LogP contribution >= 0.6 is 0 Å². The molecule has 0 radical (unpaired) electrons. The minimum absolute atomic E-state index is 0.420. The summed E-state index contributed by atoms with van der Waals surface area (Å²) in [5.74, 6) is 0.906. The standard InChI is InChI=1S/C10H19NO2/c1-2-8-5-10(8)11-9-6-12-3-4-13-7-9/h8-11H,2-7H2,1H3. The molecule has 1 saturated carbocycles. The van der Waals surface area contributed by atoms with Crippen molar-refractivity contribution in [1.82, 2.24) is 5.32 Å². The fourth-order valence-electron chi connectivity index (χ4n) is 1.92. The van der Waals surface area contributed by atoms with Gasteiger partial charge in [0.25, 0.3) is 0 Å². The van der Waals surface area contributed by atoms with Gasteiger partial charge in [0.1, 0.15) is 0 Å². The monoisotopic (exact) mass is 185 g/mol. The molecule has 0 aromatic heterocycles. The van der Waals surface area contributed by atoms with Gasteiger partial charge in [-0.3, -0.25) is 0 Å². The highest BCUT2D eigenvalue weighted by Crippen LogP contribution is 2.33. The Balaban J connectivity index is 1.68. The van der Waals surface area contributed by atoms with Crippen molar-refractivity contribution in [3.05, 3.63) is 0 Å². The summed E-state index contributed by atoms with van der Waals surface area (Å²) in [6.07, 6.45) is 2.64. The summed E-state index contributed by atoms with van der Waals surface area (Å²) in [5, 5.41) is 3.58. The molecule has 3 heteroatoms. The van der Waals surface area contributed by atoms with E-state index in [2.05, 4.69) is 12.2 Å². The molecular weight excluding hydrogens is 166 g/mol. The summed E-state index contributed by atoms with van der Waals surface area (Å²) in [6, 6.07) is 1.16. The van der Waals surface area contributed by atoms with Crippen LogP contribution in [-0.2, 0) is 9.47 Å². The average Bonchev–Trinajstić information content (AvgIpc) is 2.90. The van der Waals surface area contributed by atoms with Gasteiger partial charge in [-0.05, 0) is 12.3 Å². The van der Waals surface area contributed by atoms with Gasteiger partial charge in [-0.15, -0.1) is 0 Å². The van der Waals surface area contributed by atoms with Crippen molar-refractivity contribution >= 4 is 0 Å². The number of hydrogen-bond acceptors (Lipinski definition) is 3. The minimum atomic E-state index is 0.420. The predicted octanol–water partition coefficient (Wildman–Crippen LogP) is 0.790. The molecule has 0 aromatic carbocycles. The molecular formula is C10H19NO2. The van der Waals surface area contributed by atoms with Crippen LogP contribution in [0.2, 0.25) is 0 Å². The summed E-state index contributed by atoms with van der Waals surface area (Å²) in [4.78, 5) is 0. The molecule has 13 heavy (non-hydrogen) atoms. The lowest BCUT2D eigenvalue weighted by Gasteiger charge is -2.14. The normalized spacial score (nSPS) is 35.8. The van der Waals surface area contributed by atoms with E-state index in [1.807, 2.05) is 0 Å². The molecule has 3 nitrogen and oxygen atoms in total. The van der Waals surface area contributed by atoms with Crippen molar-refractivity contribution in [3.63, 3.8) is 0 Å². The zero-order valence-electron chi connectivity index (χ0n) is 8.29. The van der Waals surface area contributed by atoms with Crippen molar-refractivity contribution in [3.8, 4) is 0 Å². The first kappa shape index (κ1) is 9.44. The molecule has 1 saturated heterocycles.